The zero-order valence-electron chi connectivity index (χ0n) is 13.9. The third-order valence-corrected chi connectivity index (χ3v) is 4.46. The molecule has 1 aromatic heterocycles. The molecule has 1 N–H and O–H groups in total. The van der Waals surface area contributed by atoms with E-state index in [0.717, 1.165) is 43.3 Å². The van der Waals surface area contributed by atoms with Crippen molar-refractivity contribution in [1.82, 2.24) is 10.3 Å². The maximum absolute atomic E-state index is 12.4. The molecule has 2 aromatic rings. The van der Waals surface area contributed by atoms with Crippen molar-refractivity contribution in [3.8, 4) is 0 Å². The lowest BCUT2D eigenvalue weighted by Gasteiger charge is -2.31. The van der Waals surface area contributed by atoms with Crippen molar-refractivity contribution in [2.45, 2.75) is 45.6 Å². The molecule has 0 bridgehead atoms. The summed E-state index contributed by atoms with van der Waals surface area (Å²) in [6.45, 7) is 5.78. The van der Waals surface area contributed by atoms with E-state index in [4.69, 9.17) is 4.42 Å². The van der Waals surface area contributed by atoms with Crippen LogP contribution in [-0.4, -0.2) is 30.0 Å². The number of fused-ring (bicyclic) bond motifs is 1. The van der Waals surface area contributed by atoms with Gasteiger partial charge in [-0.2, -0.15) is 4.98 Å². The second-order valence-electron chi connectivity index (χ2n) is 6.45. The number of hydrogen-bond donors (Lipinski definition) is 1. The lowest BCUT2D eigenvalue weighted by atomic mass is 9.97. The van der Waals surface area contributed by atoms with Crippen LogP contribution in [0, 0.1) is 5.92 Å². The molecule has 23 heavy (non-hydrogen) atoms. The van der Waals surface area contributed by atoms with Crippen molar-refractivity contribution in [2.75, 3.05) is 18.0 Å². The van der Waals surface area contributed by atoms with Gasteiger partial charge in [0.05, 0.1) is 5.92 Å². The Labute approximate surface area is 137 Å². The first-order valence-corrected chi connectivity index (χ1v) is 8.58. The Kier molecular flexibility index (Phi) is 4.84. The highest BCUT2D eigenvalue weighted by atomic mass is 16.4. The maximum Gasteiger partial charge on any atom is 0.298 e. The van der Waals surface area contributed by atoms with Crippen molar-refractivity contribution in [1.29, 1.82) is 0 Å². The zero-order valence-corrected chi connectivity index (χ0v) is 13.9. The Morgan fingerprint density at radius 3 is 3.09 bits per heavy atom. The second kappa shape index (κ2) is 7.02. The number of nitrogens with one attached hydrogen (secondary N) is 1. The number of benzene rings is 1. The van der Waals surface area contributed by atoms with Crippen LogP contribution in [0.4, 0.5) is 6.01 Å². The van der Waals surface area contributed by atoms with E-state index in [2.05, 4.69) is 29.0 Å². The van der Waals surface area contributed by atoms with Crippen molar-refractivity contribution in [3.63, 3.8) is 0 Å². The summed E-state index contributed by atoms with van der Waals surface area (Å²) in [5, 5.41) is 3.13. The predicted octanol–water partition coefficient (Wildman–Crippen LogP) is 3.35. The van der Waals surface area contributed by atoms with E-state index >= 15 is 0 Å². The third kappa shape index (κ3) is 3.66. The lowest BCUT2D eigenvalue weighted by molar-refractivity contribution is -0.125. The minimum absolute atomic E-state index is 0.0121. The van der Waals surface area contributed by atoms with Gasteiger partial charge in [0.2, 0.25) is 5.91 Å². The number of hydrogen-bond acceptors (Lipinski definition) is 4. The van der Waals surface area contributed by atoms with Crippen molar-refractivity contribution < 1.29 is 9.21 Å². The van der Waals surface area contributed by atoms with Gasteiger partial charge in [-0.1, -0.05) is 25.5 Å². The van der Waals surface area contributed by atoms with E-state index in [1.165, 1.54) is 0 Å². The highest BCUT2D eigenvalue weighted by Crippen LogP contribution is 2.26. The number of anilines is 1. The minimum atomic E-state index is 0.0121. The minimum Gasteiger partial charge on any atom is -0.423 e. The van der Waals surface area contributed by atoms with Crippen molar-refractivity contribution in [3.05, 3.63) is 24.3 Å². The first kappa shape index (κ1) is 15.8. The molecule has 3 rings (SSSR count). The van der Waals surface area contributed by atoms with Crippen LogP contribution in [0.3, 0.4) is 0 Å². The molecular weight excluding hydrogens is 290 g/mol. The van der Waals surface area contributed by atoms with Crippen LogP contribution in [0.1, 0.15) is 39.5 Å². The van der Waals surface area contributed by atoms with Gasteiger partial charge in [-0.3, -0.25) is 4.79 Å². The van der Waals surface area contributed by atoms with E-state index in [1.807, 2.05) is 24.3 Å². The average molecular weight is 315 g/mol. The molecule has 1 aromatic carbocycles. The van der Waals surface area contributed by atoms with Crippen LogP contribution in [0.5, 0.6) is 0 Å². The highest BCUT2D eigenvalue weighted by Gasteiger charge is 2.28. The third-order valence-electron chi connectivity index (χ3n) is 4.46. The molecule has 0 spiro atoms. The number of aromatic nitrogens is 1. The van der Waals surface area contributed by atoms with Crippen molar-refractivity contribution >= 4 is 23.0 Å². The molecule has 1 aliphatic heterocycles. The largest absolute Gasteiger partial charge is 0.423 e. The summed E-state index contributed by atoms with van der Waals surface area (Å²) in [5.41, 5.74) is 1.66. The number of amides is 1. The Hall–Kier alpha value is -2.04. The normalized spacial score (nSPS) is 19.7. The van der Waals surface area contributed by atoms with Gasteiger partial charge in [0.1, 0.15) is 5.52 Å². The van der Waals surface area contributed by atoms with Gasteiger partial charge in [-0.15, -0.1) is 0 Å². The van der Waals surface area contributed by atoms with Gasteiger partial charge in [-0.25, -0.2) is 0 Å². The molecule has 1 fully saturated rings. The van der Waals surface area contributed by atoms with E-state index < -0.39 is 0 Å². The van der Waals surface area contributed by atoms with Crippen LogP contribution < -0.4 is 10.2 Å². The average Bonchev–Trinajstić information content (AvgIpc) is 2.99. The Bertz CT molecular complexity index is 634. The summed E-state index contributed by atoms with van der Waals surface area (Å²) in [6, 6.07) is 8.64. The van der Waals surface area contributed by atoms with E-state index in [-0.39, 0.29) is 17.9 Å². The molecule has 5 nitrogen and oxygen atoms in total. The molecule has 0 radical (unpaired) electrons. The van der Waals surface area contributed by atoms with Gasteiger partial charge in [-0.05, 0) is 38.3 Å². The number of carbonyl (C=O) groups is 1. The van der Waals surface area contributed by atoms with Crippen molar-refractivity contribution in [2.24, 2.45) is 5.92 Å². The first-order valence-electron chi connectivity index (χ1n) is 8.58. The van der Waals surface area contributed by atoms with E-state index in [0.29, 0.717) is 12.6 Å². The molecule has 2 atom stereocenters. The SMILES string of the molecule is CCCC(C)NC(=O)C1CCCN(c2nc3ccccc3o2)C1. The van der Waals surface area contributed by atoms with Crippen LogP contribution >= 0.6 is 0 Å². The summed E-state index contributed by atoms with van der Waals surface area (Å²) >= 11 is 0. The second-order valence-corrected chi connectivity index (χ2v) is 6.45. The molecule has 124 valence electrons. The Balaban J connectivity index is 1.66. The molecule has 1 saturated heterocycles. The van der Waals surface area contributed by atoms with Gasteiger partial charge in [0, 0.05) is 19.1 Å². The summed E-state index contributed by atoms with van der Waals surface area (Å²) in [6.07, 6.45) is 4.02. The zero-order chi connectivity index (χ0) is 16.2. The van der Waals surface area contributed by atoms with Crippen LogP contribution in [0.2, 0.25) is 0 Å². The number of carbonyl (C=O) groups excluding carboxylic acids is 1. The first-order chi connectivity index (χ1) is 11.2. The van der Waals surface area contributed by atoms with Gasteiger partial charge < -0.3 is 14.6 Å². The molecule has 5 heteroatoms. The maximum atomic E-state index is 12.4. The number of piperidine rings is 1. The van der Waals surface area contributed by atoms with Crippen LogP contribution in [0.15, 0.2) is 28.7 Å². The molecule has 2 unspecified atom stereocenters. The van der Waals surface area contributed by atoms with Gasteiger partial charge in [0.15, 0.2) is 5.58 Å². The summed E-state index contributed by atoms with van der Waals surface area (Å²) in [7, 11) is 0. The smallest absolute Gasteiger partial charge is 0.298 e. The standard InChI is InChI=1S/C18H25N3O2/c1-3-7-13(2)19-17(22)14-8-6-11-21(12-14)18-20-15-9-4-5-10-16(15)23-18/h4-5,9-10,13-14H,3,6-8,11-12H2,1-2H3,(H,19,22). The van der Waals surface area contributed by atoms with E-state index in [1.54, 1.807) is 0 Å². The fourth-order valence-electron chi connectivity index (χ4n) is 3.23. The summed E-state index contributed by atoms with van der Waals surface area (Å²) < 4.78 is 5.84. The molecule has 0 saturated carbocycles. The topological polar surface area (TPSA) is 58.4 Å². The molecule has 0 aliphatic carbocycles. The monoisotopic (exact) mass is 315 g/mol. The van der Waals surface area contributed by atoms with E-state index in [9.17, 15) is 4.79 Å². The lowest BCUT2D eigenvalue weighted by Crippen LogP contribution is -2.45. The van der Waals surface area contributed by atoms with Gasteiger partial charge >= 0.3 is 0 Å². The summed E-state index contributed by atoms with van der Waals surface area (Å²) in [5.74, 6) is 0.171. The predicted molar refractivity (Wildman–Crippen MR) is 91.5 cm³/mol. The molecular formula is C18H25N3O2. The van der Waals surface area contributed by atoms with Crippen LogP contribution in [-0.2, 0) is 4.79 Å². The number of oxazole rings is 1. The quantitative estimate of drug-likeness (QED) is 0.919. The number of rotatable bonds is 5. The number of para-hydroxylation sites is 2. The number of nitrogens with zero attached hydrogens (tertiary/aromatic N) is 2. The molecule has 1 amide bonds. The van der Waals surface area contributed by atoms with Gasteiger partial charge in [0.25, 0.3) is 6.01 Å². The molecule has 1 aliphatic rings. The Morgan fingerprint density at radius 1 is 1.48 bits per heavy atom. The van der Waals surface area contributed by atoms with Crippen LogP contribution in [0.25, 0.3) is 11.1 Å². The Morgan fingerprint density at radius 2 is 2.30 bits per heavy atom. The summed E-state index contributed by atoms with van der Waals surface area (Å²) in [4.78, 5) is 19.1. The molecule has 2 heterocycles. The fraction of sp³-hybridized carbons (Fsp3) is 0.556. The highest BCUT2D eigenvalue weighted by molar-refractivity contribution is 5.80. The fourth-order valence-corrected chi connectivity index (χ4v) is 3.23.